The molecule has 0 fully saturated rings. The van der Waals surface area contributed by atoms with Crippen LogP contribution in [0.5, 0.6) is 0 Å². The van der Waals surface area contributed by atoms with Crippen LogP contribution in [-0.2, 0) is 0 Å². The molecule has 0 aliphatic rings. The van der Waals surface area contributed by atoms with Gasteiger partial charge in [0.25, 0.3) is 0 Å². The molecule has 0 saturated carbocycles. The second-order valence-corrected chi connectivity index (χ2v) is 2.88. The van der Waals surface area contributed by atoms with Gasteiger partial charge in [0.1, 0.15) is 0 Å². The van der Waals surface area contributed by atoms with Crippen LogP contribution in [0.15, 0.2) is 0 Å². The van der Waals surface area contributed by atoms with Gasteiger partial charge in [-0.25, -0.2) is 0 Å². The van der Waals surface area contributed by atoms with Crippen LogP contribution in [-0.4, -0.2) is 29.2 Å². The van der Waals surface area contributed by atoms with Crippen molar-refractivity contribution in [2.75, 3.05) is 0 Å². The molecular formula is C9H19ClMgO. The summed E-state index contributed by atoms with van der Waals surface area (Å²) in [5.74, 6) is 0. The molecule has 0 spiro atoms. The maximum absolute atomic E-state index is 10.9. The Bertz CT molecular complexity index is 71.5. The molecule has 0 saturated heterocycles. The quantitative estimate of drug-likeness (QED) is 0.389. The Kier molecular flexibility index (Phi) is 22.7. The van der Waals surface area contributed by atoms with Crippen molar-refractivity contribution in [3.63, 3.8) is 0 Å². The van der Waals surface area contributed by atoms with Crippen molar-refractivity contribution < 1.29 is 17.5 Å². The number of unbranched alkanes of at least 4 members (excludes halogenated alkanes) is 3. The number of rotatable bonds is 6. The molecule has 1 atom stereocenters. The van der Waals surface area contributed by atoms with Crippen LogP contribution in [0.4, 0.5) is 0 Å². The van der Waals surface area contributed by atoms with E-state index in [9.17, 15) is 5.11 Å². The summed E-state index contributed by atoms with van der Waals surface area (Å²) in [7, 11) is 0. The Hall–Kier alpha value is 1.02. The summed E-state index contributed by atoms with van der Waals surface area (Å²) in [4.78, 5) is 0. The van der Waals surface area contributed by atoms with Gasteiger partial charge in [-0.3, -0.25) is 0 Å². The van der Waals surface area contributed by atoms with Gasteiger partial charge < -0.3 is 17.5 Å². The van der Waals surface area contributed by atoms with E-state index in [-0.39, 0.29) is 41.6 Å². The normalized spacial score (nSPS) is 11.2. The van der Waals surface area contributed by atoms with E-state index in [4.69, 9.17) is 0 Å². The Morgan fingerprint density at radius 3 is 2.08 bits per heavy atom. The standard InChI is InChI=1S/C9H19O.ClH.Mg/c1-3-5-6-7-8-9(10)4-2;;/h9H,3-8H2,1-2H3;1H;/q-1;;+2/p-1. The fourth-order valence-corrected chi connectivity index (χ4v) is 1.00. The summed E-state index contributed by atoms with van der Waals surface area (Å²) in [6.07, 6.45) is 6.32. The molecule has 1 unspecified atom stereocenters. The average molecular weight is 203 g/mol. The van der Waals surface area contributed by atoms with Gasteiger partial charge in [-0.15, -0.1) is 6.10 Å². The van der Waals surface area contributed by atoms with Gasteiger partial charge in [0, 0.05) is 0 Å². The third-order valence-corrected chi connectivity index (χ3v) is 1.83. The van der Waals surface area contributed by atoms with Gasteiger partial charge in [0.15, 0.2) is 0 Å². The van der Waals surface area contributed by atoms with Gasteiger partial charge in [0.05, 0.1) is 0 Å². The Morgan fingerprint density at radius 1 is 1.08 bits per heavy atom. The number of hydrogen-bond acceptors (Lipinski definition) is 1. The first-order valence-corrected chi connectivity index (χ1v) is 4.47. The van der Waals surface area contributed by atoms with E-state index < -0.39 is 0 Å². The molecule has 0 radical (unpaired) electrons. The largest absolute Gasteiger partial charge is 2.00 e. The summed E-state index contributed by atoms with van der Waals surface area (Å²) < 4.78 is 0. The maximum Gasteiger partial charge on any atom is 2.00 e. The SMILES string of the molecule is CCCCCCC([O-])CC.[Cl-].[Mg+2]. The van der Waals surface area contributed by atoms with Crippen LogP contribution in [0.25, 0.3) is 0 Å². The molecule has 0 aliphatic heterocycles. The smallest absolute Gasteiger partial charge is 1.00 e. The van der Waals surface area contributed by atoms with Crippen LogP contribution in [0.3, 0.4) is 0 Å². The fourth-order valence-electron chi connectivity index (χ4n) is 1.00. The summed E-state index contributed by atoms with van der Waals surface area (Å²) in [5.41, 5.74) is 0. The topological polar surface area (TPSA) is 23.1 Å². The van der Waals surface area contributed by atoms with Crippen LogP contribution < -0.4 is 17.5 Å². The Labute approximate surface area is 98.9 Å². The summed E-state index contributed by atoms with van der Waals surface area (Å²) >= 11 is 0. The predicted molar refractivity (Wildman–Crippen MR) is 48.6 cm³/mol. The van der Waals surface area contributed by atoms with Crippen molar-refractivity contribution >= 4 is 23.1 Å². The number of halogens is 1. The fraction of sp³-hybridized carbons (Fsp3) is 1.00. The van der Waals surface area contributed by atoms with E-state index in [1.54, 1.807) is 0 Å². The van der Waals surface area contributed by atoms with E-state index in [1.165, 1.54) is 19.3 Å². The molecule has 0 heterocycles. The first-order chi connectivity index (χ1) is 4.81. The van der Waals surface area contributed by atoms with Crippen LogP contribution >= 0.6 is 0 Å². The van der Waals surface area contributed by atoms with Crippen LogP contribution in [0, 0.1) is 0 Å². The van der Waals surface area contributed by atoms with Crippen molar-refractivity contribution in [1.29, 1.82) is 0 Å². The van der Waals surface area contributed by atoms with Gasteiger partial charge in [-0.2, -0.15) is 0 Å². The third-order valence-electron chi connectivity index (χ3n) is 1.83. The van der Waals surface area contributed by atoms with Crippen molar-refractivity contribution in [1.82, 2.24) is 0 Å². The molecule has 70 valence electrons. The first-order valence-electron chi connectivity index (χ1n) is 4.47. The minimum absolute atomic E-state index is 0. The first kappa shape index (κ1) is 18.7. The van der Waals surface area contributed by atoms with Gasteiger partial charge in [-0.1, -0.05) is 52.4 Å². The zero-order valence-corrected chi connectivity index (χ0v) is 10.5. The Balaban J connectivity index is -0.000000405. The van der Waals surface area contributed by atoms with E-state index in [0.717, 1.165) is 19.3 Å². The molecule has 0 N–H and O–H groups in total. The van der Waals surface area contributed by atoms with Crippen molar-refractivity contribution in [2.45, 2.75) is 58.5 Å². The second kappa shape index (κ2) is 14.5. The van der Waals surface area contributed by atoms with Gasteiger partial charge >= 0.3 is 23.1 Å². The van der Waals surface area contributed by atoms with Crippen molar-refractivity contribution in [3.8, 4) is 0 Å². The minimum atomic E-state index is -0.295. The summed E-state index contributed by atoms with van der Waals surface area (Å²) in [6.45, 7) is 4.16. The van der Waals surface area contributed by atoms with E-state index >= 15 is 0 Å². The monoisotopic (exact) mass is 202 g/mol. The van der Waals surface area contributed by atoms with Gasteiger partial charge in [-0.05, 0) is 0 Å². The number of hydrogen-bond donors (Lipinski definition) is 0. The maximum atomic E-state index is 10.9. The van der Waals surface area contributed by atoms with Gasteiger partial charge in [0.2, 0.25) is 0 Å². The molecule has 0 amide bonds. The molecule has 0 aromatic heterocycles. The predicted octanol–water partition coefficient (Wildman–Crippen LogP) is -1.28. The zero-order valence-electron chi connectivity index (χ0n) is 8.31. The average Bonchev–Trinajstić information content (AvgIpc) is 1.98. The third kappa shape index (κ3) is 13.6. The molecule has 0 aromatic carbocycles. The molecule has 12 heavy (non-hydrogen) atoms. The van der Waals surface area contributed by atoms with Crippen molar-refractivity contribution in [2.24, 2.45) is 0 Å². The molecular weight excluding hydrogens is 184 g/mol. The molecule has 0 rings (SSSR count). The molecule has 0 aliphatic carbocycles. The molecule has 1 nitrogen and oxygen atoms in total. The van der Waals surface area contributed by atoms with Crippen LogP contribution in [0.1, 0.15) is 52.4 Å². The van der Waals surface area contributed by atoms with E-state index in [1.807, 2.05) is 6.92 Å². The van der Waals surface area contributed by atoms with E-state index in [2.05, 4.69) is 6.92 Å². The minimum Gasteiger partial charge on any atom is -1.00 e. The van der Waals surface area contributed by atoms with E-state index in [0.29, 0.717) is 0 Å². The second-order valence-electron chi connectivity index (χ2n) is 2.88. The molecule has 0 bridgehead atoms. The summed E-state index contributed by atoms with van der Waals surface area (Å²) in [5, 5.41) is 10.9. The van der Waals surface area contributed by atoms with Crippen LogP contribution in [0.2, 0.25) is 0 Å². The summed E-state index contributed by atoms with van der Waals surface area (Å²) in [6, 6.07) is 0. The molecule has 0 aromatic rings. The zero-order chi connectivity index (χ0) is 7.82. The Morgan fingerprint density at radius 2 is 1.67 bits per heavy atom. The molecule has 3 heteroatoms. The van der Waals surface area contributed by atoms with Crippen molar-refractivity contribution in [3.05, 3.63) is 0 Å².